The van der Waals surface area contributed by atoms with Crippen LogP contribution in [-0.2, 0) is 32.7 Å². The van der Waals surface area contributed by atoms with Gasteiger partial charge in [0, 0.05) is 32.7 Å². The van der Waals surface area contributed by atoms with Gasteiger partial charge in [0.25, 0.3) is 0 Å². The minimum atomic E-state index is 0. The van der Waals surface area contributed by atoms with Crippen LogP contribution in [0.5, 0.6) is 0 Å². The number of aliphatic hydroxyl groups is 1. The van der Waals surface area contributed by atoms with E-state index in [1.54, 1.807) is 0 Å². The molecule has 0 fully saturated rings. The third-order valence-corrected chi connectivity index (χ3v) is 0.607. The molecule has 1 N–H and O–H groups in total. The van der Waals surface area contributed by atoms with Gasteiger partial charge in [0.2, 0.25) is 0 Å². The number of hydrogen-bond acceptors (Lipinski definition) is 1. The molecule has 47 valence electrons. The van der Waals surface area contributed by atoms with Crippen LogP contribution in [0.1, 0.15) is 0 Å². The van der Waals surface area contributed by atoms with E-state index >= 15 is 0 Å². The Morgan fingerprint density at radius 2 is 1.44 bits per heavy atom. The van der Waals surface area contributed by atoms with Crippen molar-refractivity contribution in [3.8, 4) is 0 Å². The van der Waals surface area contributed by atoms with Crippen molar-refractivity contribution in [2.45, 2.75) is 0 Å². The molecule has 0 saturated carbocycles. The monoisotopic (exact) mass is 197 g/mol. The van der Waals surface area contributed by atoms with Crippen LogP contribution in [0.15, 0.2) is 30.3 Å². The zero-order chi connectivity index (χ0) is 6.24. The maximum atomic E-state index is 6.75. The zero-order valence-electron chi connectivity index (χ0n) is 5.12. The quantitative estimate of drug-likeness (QED) is 0.626. The molecule has 0 bridgehead atoms. The second-order valence-corrected chi connectivity index (χ2v) is 1.08. The fraction of sp³-hybridized carbons (Fsp3) is 0. The van der Waals surface area contributed by atoms with Gasteiger partial charge in [-0.15, -0.1) is 0 Å². The van der Waals surface area contributed by atoms with Gasteiger partial charge in [0.05, 0.1) is 0 Å². The van der Waals surface area contributed by atoms with E-state index in [1.807, 2.05) is 30.3 Å². The molecular weight excluding hydrogens is 189 g/mol. The molecule has 1 nitrogen and oxygen atoms in total. The van der Waals surface area contributed by atoms with Crippen LogP contribution >= 0.6 is 0 Å². The Balaban J connectivity index is 0. The van der Waals surface area contributed by atoms with E-state index in [-0.39, 0.29) is 32.7 Å². The molecule has 1 aromatic rings. The average Bonchev–Trinajstić information content (AvgIpc) is 1.96. The van der Waals surface area contributed by atoms with Crippen molar-refractivity contribution in [2.24, 2.45) is 0 Å². The topological polar surface area (TPSA) is 20.2 Å². The van der Waals surface area contributed by atoms with Gasteiger partial charge in [-0.3, -0.25) is 0 Å². The predicted molar refractivity (Wildman–Crippen MR) is 32.6 cm³/mol. The first-order valence-electron chi connectivity index (χ1n) is 2.23. The van der Waals surface area contributed by atoms with Gasteiger partial charge in [-0.2, -0.15) is 36.4 Å². The largest absolute Gasteiger partial charge is 0.569 e. The van der Waals surface area contributed by atoms with Crippen molar-refractivity contribution in [1.82, 2.24) is 0 Å². The second-order valence-electron chi connectivity index (χ2n) is 1.08. The van der Waals surface area contributed by atoms with Crippen LogP contribution in [0.25, 0.3) is 0 Å². The average molecular weight is 197 g/mol. The van der Waals surface area contributed by atoms with Gasteiger partial charge in [-0.1, -0.05) is 0 Å². The third kappa shape index (κ3) is 8.28. The van der Waals surface area contributed by atoms with Gasteiger partial charge in [-0.25, -0.2) is 7.11 Å². The summed E-state index contributed by atoms with van der Waals surface area (Å²) in [5, 5.41) is 6.75. The molecule has 2 heteroatoms. The molecule has 0 amide bonds. The summed E-state index contributed by atoms with van der Waals surface area (Å²) in [6, 6.07) is 12.5. The minimum Gasteiger partial charge on any atom is -0.569 e. The van der Waals surface area contributed by atoms with E-state index in [1.165, 1.54) is 0 Å². The van der Waals surface area contributed by atoms with Gasteiger partial charge in [0.1, 0.15) is 0 Å². The molecule has 0 heterocycles. The van der Waals surface area contributed by atoms with Crippen LogP contribution in [0.3, 0.4) is 0 Å². The first-order valence-corrected chi connectivity index (χ1v) is 2.23. The van der Waals surface area contributed by atoms with Gasteiger partial charge in [0.15, 0.2) is 0 Å². The zero-order valence-corrected chi connectivity index (χ0v) is 7.96. The van der Waals surface area contributed by atoms with Gasteiger partial charge < -0.3 is 5.11 Å². The molecule has 0 aliphatic rings. The van der Waals surface area contributed by atoms with Crippen molar-refractivity contribution in [1.29, 1.82) is 0 Å². The van der Waals surface area contributed by atoms with Gasteiger partial charge in [-0.05, 0) is 0 Å². The van der Waals surface area contributed by atoms with Crippen molar-refractivity contribution in [3.05, 3.63) is 43.5 Å². The number of aliphatic hydroxyl groups excluding tert-OH is 1. The Kier molecular flexibility index (Phi) is 14.9. The first-order chi connectivity index (χ1) is 4.00. The van der Waals surface area contributed by atoms with E-state index in [0.29, 0.717) is 0 Å². The predicted octanol–water partition coefficient (Wildman–Crippen LogP) is 1.63. The van der Waals surface area contributed by atoms with Crippen LogP contribution in [0.4, 0.5) is 0 Å². The SMILES string of the molecule is [CH2-]O.[Y].[c-]1ccccc1. The second kappa shape index (κ2) is 11.1. The molecule has 1 radical (unpaired) electrons. The fourth-order valence-corrected chi connectivity index (χ4v) is 0.342. The molecule has 0 aliphatic carbocycles. The smallest absolute Gasteiger partial charge is 0 e. The summed E-state index contributed by atoms with van der Waals surface area (Å²) in [4.78, 5) is 0. The Morgan fingerprint density at radius 1 is 1.00 bits per heavy atom. The van der Waals surface area contributed by atoms with Crippen molar-refractivity contribution in [3.63, 3.8) is 0 Å². The molecule has 9 heavy (non-hydrogen) atoms. The van der Waals surface area contributed by atoms with E-state index in [2.05, 4.69) is 13.2 Å². The molecule has 1 aromatic carbocycles. The summed E-state index contributed by atoms with van der Waals surface area (Å²) in [6.07, 6.45) is 0. The van der Waals surface area contributed by atoms with Crippen molar-refractivity contribution < 1.29 is 37.8 Å². The standard InChI is InChI=1S/C6H5.CH3O.Y/c1-2-4-6-5-3-1;1-2;/h1-5H;2H,1H2;/q2*-1;. The minimum absolute atomic E-state index is 0. The van der Waals surface area contributed by atoms with Crippen LogP contribution in [-0.4, -0.2) is 5.11 Å². The Hall–Kier alpha value is 0.284. The van der Waals surface area contributed by atoms with Crippen LogP contribution in [0.2, 0.25) is 0 Å². The third-order valence-electron chi connectivity index (χ3n) is 0.607. The van der Waals surface area contributed by atoms with Crippen molar-refractivity contribution in [2.75, 3.05) is 0 Å². The Labute approximate surface area is 81.0 Å². The maximum absolute atomic E-state index is 6.75. The van der Waals surface area contributed by atoms with Crippen molar-refractivity contribution >= 4 is 0 Å². The van der Waals surface area contributed by atoms with Gasteiger partial charge >= 0.3 is 0 Å². The Bertz CT molecular complexity index is 80.8. The van der Waals surface area contributed by atoms with Crippen LogP contribution in [0, 0.1) is 13.2 Å². The summed E-state index contributed by atoms with van der Waals surface area (Å²) in [6.45, 7) is 0. The summed E-state index contributed by atoms with van der Waals surface area (Å²) >= 11 is 0. The number of rotatable bonds is 0. The summed E-state index contributed by atoms with van der Waals surface area (Å²) in [5.74, 6) is 0. The summed E-state index contributed by atoms with van der Waals surface area (Å²) in [7, 11) is 2.25. The summed E-state index contributed by atoms with van der Waals surface area (Å²) < 4.78 is 0. The van der Waals surface area contributed by atoms with E-state index < -0.39 is 0 Å². The van der Waals surface area contributed by atoms with E-state index in [4.69, 9.17) is 5.11 Å². The molecule has 0 aliphatic heterocycles. The Morgan fingerprint density at radius 3 is 1.56 bits per heavy atom. The fourth-order valence-electron chi connectivity index (χ4n) is 0.342. The molecule has 0 saturated heterocycles. The maximum Gasteiger partial charge on any atom is 0 e. The number of benzene rings is 1. The molecular formula is C7H8OY-2. The normalized spacial score (nSPS) is 6.00. The molecule has 0 spiro atoms. The number of hydrogen-bond donors (Lipinski definition) is 1. The van der Waals surface area contributed by atoms with E-state index in [9.17, 15) is 0 Å². The van der Waals surface area contributed by atoms with E-state index in [0.717, 1.165) is 0 Å². The van der Waals surface area contributed by atoms with Crippen LogP contribution < -0.4 is 0 Å². The first kappa shape index (κ1) is 12.0. The molecule has 1 rings (SSSR count). The summed E-state index contributed by atoms with van der Waals surface area (Å²) in [5.41, 5.74) is 0. The molecule has 0 aromatic heterocycles. The molecule has 0 unspecified atom stereocenters. The molecule has 0 atom stereocenters.